The summed E-state index contributed by atoms with van der Waals surface area (Å²) in [6.45, 7) is 0.857. The fourth-order valence-electron chi connectivity index (χ4n) is 2.94. The van der Waals surface area contributed by atoms with Gasteiger partial charge >= 0.3 is 0 Å². The van der Waals surface area contributed by atoms with E-state index < -0.39 is 6.10 Å². The van der Waals surface area contributed by atoms with Gasteiger partial charge in [0.1, 0.15) is 12.4 Å². The zero-order valence-corrected chi connectivity index (χ0v) is 17.2. The minimum absolute atomic E-state index is 0.222. The molecule has 1 atom stereocenters. The highest BCUT2D eigenvalue weighted by Crippen LogP contribution is 2.25. The number of rotatable bonds is 9. The highest BCUT2D eigenvalue weighted by atomic mass is 32.2. The molecule has 2 aromatic carbocycles. The Labute approximate surface area is 179 Å². The van der Waals surface area contributed by atoms with Crippen LogP contribution < -0.4 is 4.74 Å². The van der Waals surface area contributed by atoms with Crippen molar-refractivity contribution in [1.29, 1.82) is 0 Å². The summed E-state index contributed by atoms with van der Waals surface area (Å²) in [4.78, 5) is 4.20. The molecule has 6 nitrogen and oxygen atoms in total. The molecule has 0 aliphatic heterocycles. The number of aliphatic hydroxyl groups is 1. The van der Waals surface area contributed by atoms with E-state index in [-0.39, 0.29) is 6.61 Å². The molecule has 0 saturated carbocycles. The third kappa shape index (κ3) is 5.25. The molecule has 0 radical (unpaired) electrons. The van der Waals surface area contributed by atoms with Crippen LogP contribution in [0.25, 0.3) is 11.4 Å². The predicted molar refractivity (Wildman–Crippen MR) is 117 cm³/mol. The van der Waals surface area contributed by atoms with Crippen molar-refractivity contribution >= 4 is 11.8 Å². The number of thioether (sulfide) groups is 1. The lowest BCUT2D eigenvalue weighted by Crippen LogP contribution is -2.20. The zero-order chi connectivity index (χ0) is 20.6. The van der Waals surface area contributed by atoms with E-state index in [0.717, 1.165) is 27.9 Å². The molecule has 4 rings (SSSR count). The average molecular weight is 419 g/mol. The van der Waals surface area contributed by atoms with Crippen molar-refractivity contribution in [2.75, 3.05) is 12.4 Å². The normalized spacial score (nSPS) is 11.9. The van der Waals surface area contributed by atoms with Crippen LogP contribution in [0.15, 0.2) is 90.3 Å². The minimum atomic E-state index is -0.626. The van der Waals surface area contributed by atoms with Crippen LogP contribution in [-0.2, 0) is 6.54 Å². The summed E-state index contributed by atoms with van der Waals surface area (Å²) in [5.74, 6) is 1.95. The summed E-state index contributed by atoms with van der Waals surface area (Å²) in [6, 6.07) is 23.5. The van der Waals surface area contributed by atoms with Crippen molar-refractivity contribution in [2.24, 2.45) is 0 Å². The van der Waals surface area contributed by atoms with Crippen LogP contribution >= 0.6 is 11.8 Å². The first-order valence-electron chi connectivity index (χ1n) is 9.66. The van der Waals surface area contributed by atoms with Gasteiger partial charge in [-0.05, 0) is 29.8 Å². The maximum atomic E-state index is 10.4. The van der Waals surface area contributed by atoms with Gasteiger partial charge in [-0.25, -0.2) is 0 Å². The first-order valence-corrected chi connectivity index (χ1v) is 10.6. The number of para-hydroxylation sites is 1. The van der Waals surface area contributed by atoms with Crippen LogP contribution in [0.5, 0.6) is 5.75 Å². The molecule has 0 saturated heterocycles. The van der Waals surface area contributed by atoms with Crippen molar-refractivity contribution in [1.82, 2.24) is 19.7 Å². The molecule has 0 amide bonds. The van der Waals surface area contributed by atoms with Gasteiger partial charge in [0.25, 0.3) is 0 Å². The van der Waals surface area contributed by atoms with Gasteiger partial charge in [-0.2, -0.15) is 0 Å². The minimum Gasteiger partial charge on any atom is -0.491 e. The zero-order valence-electron chi connectivity index (χ0n) is 16.3. The van der Waals surface area contributed by atoms with Gasteiger partial charge in [-0.15, -0.1) is 10.2 Å². The maximum absolute atomic E-state index is 10.4. The fourth-order valence-corrected chi connectivity index (χ4v) is 3.78. The standard InChI is InChI=1S/C23H22N4O2S/c28-20(16-29-21-11-5-2-6-12-21)17-30-23-26-25-22(19-10-7-13-24-14-19)27(23)15-18-8-3-1-4-9-18/h1-14,20,28H,15-17H2/t20-/m0/s1. The molecule has 0 aliphatic rings. The smallest absolute Gasteiger partial charge is 0.191 e. The van der Waals surface area contributed by atoms with Crippen LogP contribution in [0.4, 0.5) is 0 Å². The third-order valence-corrected chi connectivity index (χ3v) is 5.52. The molecule has 2 aromatic heterocycles. The Hall–Kier alpha value is -3.16. The molecule has 2 heterocycles. The highest BCUT2D eigenvalue weighted by molar-refractivity contribution is 7.99. The number of pyridine rings is 1. The molecule has 152 valence electrons. The molecule has 7 heteroatoms. The summed E-state index contributed by atoms with van der Waals surface area (Å²) in [5, 5.41) is 19.9. The van der Waals surface area contributed by atoms with E-state index in [9.17, 15) is 5.11 Å². The molecule has 0 spiro atoms. The summed E-state index contributed by atoms with van der Waals surface area (Å²) < 4.78 is 7.70. The number of ether oxygens (including phenoxy) is 1. The predicted octanol–water partition coefficient (Wildman–Crippen LogP) is 3.92. The topological polar surface area (TPSA) is 73.1 Å². The van der Waals surface area contributed by atoms with Crippen molar-refractivity contribution < 1.29 is 9.84 Å². The second kappa shape index (κ2) is 10.0. The van der Waals surface area contributed by atoms with E-state index in [2.05, 4.69) is 31.9 Å². The number of nitrogens with zero attached hydrogens (tertiary/aromatic N) is 4. The van der Waals surface area contributed by atoms with Gasteiger partial charge < -0.3 is 9.84 Å². The molecule has 4 aromatic rings. The number of aromatic nitrogens is 4. The molecule has 0 aliphatic carbocycles. The monoisotopic (exact) mass is 418 g/mol. The summed E-state index contributed by atoms with van der Waals surface area (Å²) in [7, 11) is 0. The molecule has 1 N–H and O–H groups in total. The molecule has 30 heavy (non-hydrogen) atoms. The van der Waals surface area contributed by atoms with Gasteiger partial charge in [0.15, 0.2) is 11.0 Å². The van der Waals surface area contributed by atoms with Gasteiger partial charge in [-0.1, -0.05) is 60.3 Å². The van der Waals surface area contributed by atoms with Crippen molar-refractivity contribution in [3.05, 3.63) is 90.8 Å². The number of benzene rings is 2. The van der Waals surface area contributed by atoms with Crippen LogP contribution in [0.2, 0.25) is 0 Å². The lowest BCUT2D eigenvalue weighted by atomic mass is 10.2. The second-order valence-corrected chi connectivity index (χ2v) is 7.70. The van der Waals surface area contributed by atoms with Gasteiger partial charge in [-0.3, -0.25) is 9.55 Å². The number of aliphatic hydroxyl groups excluding tert-OH is 1. The van der Waals surface area contributed by atoms with Crippen LogP contribution in [0.3, 0.4) is 0 Å². The maximum Gasteiger partial charge on any atom is 0.191 e. The SMILES string of the molecule is O[C@@H](COc1ccccc1)CSc1nnc(-c2cccnc2)n1Cc1ccccc1. The Balaban J connectivity index is 1.47. The lowest BCUT2D eigenvalue weighted by Gasteiger charge is -2.13. The first kappa shape index (κ1) is 20.1. The van der Waals surface area contributed by atoms with Crippen molar-refractivity contribution in [3.8, 4) is 17.1 Å². The average Bonchev–Trinajstić information content (AvgIpc) is 3.20. The number of hydrogen-bond acceptors (Lipinski definition) is 6. The van der Waals surface area contributed by atoms with Crippen LogP contribution in [-0.4, -0.2) is 43.3 Å². The Morgan fingerprint density at radius 3 is 2.43 bits per heavy atom. The molecular weight excluding hydrogens is 396 g/mol. The summed E-state index contributed by atoms with van der Waals surface area (Å²) in [6.07, 6.45) is 2.89. The van der Waals surface area contributed by atoms with Crippen molar-refractivity contribution in [2.45, 2.75) is 17.8 Å². The Bertz CT molecular complexity index is 1040. The van der Waals surface area contributed by atoms with E-state index >= 15 is 0 Å². The van der Waals surface area contributed by atoms with Gasteiger partial charge in [0, 0.05) is 23.7 Å². The van der Waals surface area contributed by atoms with E-state index in [1.54, 1.807) is 12.4 Å². The Morgan fingerprint density at radius 1 is 0.933 bits per heavy atom. The largest absolute Gasteiger partial charge is 0.491 e. The second-order valence-electron chi connectivity index (χ2n) is 6.71. The van der Waals surface area contributed by atoms with E-state index in [4.69, 9.17) is 4.74 Å². The Morgan fingerprint density at radius 2 is 1.70 bits per heavy atom. The first-order chi connectivity index (χ1) is 14.8. The van der Waals surface area contributed by atoms with E-state index in [1.165, 1.54) is 11.8 Å². The molecule has 0 bridgehead atoms. The third-order valence-electron chi connectivity index (χ3n) is 4.41. The summed E-state index contributed by atoms with van der Waals surface area (Å²) in [5.41, 5.74) is 2.05. The molecular formula is C23H22N4O2S. The molecule has 0 fully saturated rings. The molecule has 0 unspecified atom stereocenters. The van der Waals surface area contributed by atoms with Gasteiger partial charge in [0.2, 0.25) is 0 Å². The lowest BCUT2D eigenvalue weighted by molar-refractivity contribution is 0.126. The quantitative estimate of drug-likeness (QED) is 0.415. The van der Waals surface area contributed by atoms with Gasteiger partial charge in [0.05, 0.1) is 12.6 Å². The number of hydrogen-bond donors (Lipinski definition) is 1. The fraction of sp³-hybridized carbons (Fsp3) is 0.174. The van der Waals surface area contributed by atoms with Crippen LogP contribution in [0.1, 0.15) is 5.56 Å². The Kier molecular flexibility index (Phi) is 6.74. The summed E-state index contributed by atoms with van der Waals surface area (Å²) >= 11 is 1.46. The van der Waals surface area contributed by atoms with Crippen LogP contribution in [0, 0.1) is 0 Å². The van der Waals surface area contributed by atoms with E-state index in [0.29, 0.717) is 12.3 Å². The van der Waals surface area contributed by atoms with Crippen molar-refractivity contribution in [3.63, 3.8) is 0 Å². The highest BCUT2D eigenvalue weighted by Gasteiger charge is 2.17. The van der Waals surface area contributed by atoms with E-state index in [1.807, 2.05) is 60.7 Å².